The smallest absolute Gasteiger partial charge is 0.348 e. The number of fused-ring (bicyclic) bond motifs is 1. The molecule has 0 aliphatic carbocycles. The summed E-state index contributed by atoms with van der Waals surface area (Å²) in [5.74, 6) is 0.557. The second-order valence-corrected chi connectivity index (χ2v) is 7.79. The summed E-state index contributed by atoms with van der Waals surface area (Å²) in [6.07, 6.45) is 4.52. The van der Waals surface area contributed by atoms with Crippen molar-refractivity contribution in [1.29, 1.82) is 0 Å². The fourth-order valence-corrected chi connectivity index (χ4v) is 4.44. The summed E-state index contributed by atoms with van der Waals surface area (Å²) in [6, 6.07) is 6.17. The zero-order valence-corrected chi connectivity index (χ0v) is 16.0. The molecule has 1 saturated heterocycles. The van der Waals surface area contributed by atoms with Crippen LogP contribution in [0.5, 0.6) is 0 Å². The minimum atomic E-state index is -0.405. The Morgan fingerprint density at radius 1 is 1.33 bits per heavy atom. The van der Waals surface area contributed by atoms with Gasteiger partial charge in [-0.3, -0.25) is 10.1 Å². The Morgan fingerprint density at radius 3 is 2.93 bits per heavy atom. The number of hydrogen-bond acceptors (Lipinski definition) is 8. The molecule has 1 fully saturated rings. The van der Waals surface area contributed by atoms with E-state index in [9.17, 15) is 10.1 Å². The molecule has 0 amide bonds. The third-order valence-corrected chi connectivity index (χ3v) is 5.84. The molecule has 140 valence electrons. The van der Waals surface area contributed by atoms with Gasteiger partial charge in [0.2, 0.25) is 11.6 Å². The Morgan fingerprint density at radius 2 is 2.19 bits per heavy atom. The average Bonchev–Trinajstić information content (AvgIpc) is 3.06. The van der Waals surface area contributed by atoms with E-state index in [0.29, 0.717) is 10.9 Å². The molecule has 1 aliphatic heterocycles. The Bertz CT molecular complexity index is 1000. The van der Waals surface area contributed by atoms with Crippen LogP contribution in [0.2, 0.25) is 0 Å². The van der Waals surface area contributed by atoms with Gasteiger partial charge in [0.15, 0.2) is 5.13 Å². The second-order valence-electron chi connectivity index (χ2n) is 6.76. The SMILES string of the molecule is Cc1cccc2sc(Nc3ncnc(N4CCCCC4C)c3[N+](=O)[O-])nc12. The summed E-state index contributed by atoms with van der Waals surface area (Å²) in [5.41, 5.74) is 1.87. The lowest BCUT2D eigenvalue weighted by molar-refractivity contribution is -0.383. The highest BCUT2D eigenvalue weighted by molar-refractivity contribution is 7.22. The number of para-hydroxylation sites is 1. The highest BCUT2D eigenvalue weighted by Crippen LogP contribution is 2.37. The van der Waals surface area contributed by atoms with Crippen LogP contribution in [-0.4, -0.2) is 32.5 Å². The van der Waals surface area contributed by atoms with Crippen molar-refractivity contribution in [3.05, 3.63) is 40.2 Å². The molecule has 1 aliphatic rings. The van der Waals surface area contributed by atoms with Crippen molar-refractivity contribution in [2.24, 2.45) is 0 Å². The maximum Gasteiger partial charge on any atom is 0.353 e. The van der Waals surface area contributed by atoms with Gasteiger partial charge < -0.3 is 10.2 Å². The van der Waals surface area contributed by atoms with E-state index in [1.165, 1.54) is 17.7 Å². The van der Waals surface area contributed by atoms with E-state index in [4.69, 9.17) is 0 Å². The number of rotatable bonds is 4. The molecular formula is C18H20N6O2S. The quantitative estimate of drug-likeness (QED) is 0.525. The van der Waals surface area contributed by atoms with Crippen LogP contribution < -0.4 is 10.2 Å². The number of hydrogen-bond donors (Lipinski definition) is 1. The highest BCUT2D eigenvalue weighted by Gasteiger charge is 2.31. The van der Waals surface area contributed by atoms with Gasteiger partial charge in [-0.25, -0.2) is 15.0 Å². The minimum absolute atomic E-state index is 0.0952. The van der Waals surface area contributed by atoms with Crippen LogP contribution >= 0.6 is 11.3 Å². The van der Waals surface area contributed by atoms with Crippen LogP contribution in [0.3, 0.4) is 0 Å². The van der Waals surface area contributed by atoms with E-state index >= 15 is 0 Å². The second kappa shape index (κ2) is 7.07. The molecule has 0 spiro atoms. The number of nitrogens with one attached hydrogen (secondary N) is 1. The first-order chi connectivity index (χ1) is 13.0. The summed E-state index contributed by atoms with van der Waals surface area (Å²) in [4.78, 5) is 26.4. The van der Waals surface area contributed by atoms with E-state index in [0.717, 1.165) is 41.6 Å². The lowest BCUT2D eigenvalue weighted by Crippen LogP contribution is -2.38. The van der Waals surface area contributed by atoms with Crippen molar-refractivity contribution >= 4 is 44.0 Å². The third kappa shape index (κ3) is 3.30. The predicted molar refractivity (Wildman–Crippen MR) is 107 cm³/mol. The Kier molecular flexibility index (Phi) is 4.61. The van der Waals surface area contributed by atoms with Gasteiger partial charge in [-0.05, 0) is 44.7 Å². The Balaban J connectivity index is 1.74. The van der Waals surface area contributed by atoms with Crippen molar-refractivity contribution in [3.8, 4) is 0 Å². The van der Waals surface area contributed by atoms with Crippen LogP contribution in [0.25, 0.3) is 10.2 Å². The van der Waals surface area contributed by atoms with Crippen LogP contribution in [0.4, 0.5) is 22.5 Å². The molecular weight excluding hydrogens is 364 g/mol. The van der Waals surface area contributed by atoms with Gasteiger partial charge in [0.05, 0.1) is 15.1 Å². The van der Waals surface area contributed by atoms with Gasteiger partial charge in [-0.15, -0.1) is 0 Å². The number of nitro groups is 1. The predicted octanol–water partition coefficient (Wildman–Crippen LogP) is 4.43. The normalized spacial score (nSPS) is 17.3. The van der Waals surface area contributed by atoms with Crippen LogP contribution in [0, 0.1) is 17.0 Å². The van der Waals surface area contributed by atoms with E-state index in [2.05, 4.69) is 27.2 Å². The Hall–Kier alpha value is -2.81. The first kappa shape index (κ1) is 17.6. The number of nitrogens with zero attached hydrogens (tertiary/aromatic N) is 5. The molecule has 4 rings (SSSR count). The molecule has 27 heavy (non-hydrogen) atoms. The van der Waals surface area contributed by atoms with Gasteiger partial charge in [-0.1, -0.05) is 23.5 Å². The lowest BCUT2D eigenvalue weighted by Gasteiger charge is -2.33. The molecule has 0 bridgehead atoms. The fourth-order valence-electron chi connectivity index (χ4n) is 3.49. The van der Waals surface area contributed by atoms with Crippen LogP contribution in [0.15, 0.2) is 24.5 Å². The molecule has 3 heterocycles. The summed E-state index contributed by atoms with van der Waals surface area (Å²) < 4.78 is 1.03. The number of aromatic nitrogens is 3. The van der Waals surface area contributed by atoms with Crippen LogP contribution in [-0.2, 0) is 0 Å². The average molecular weight is 384 g/mol. The molecule has 1 aromatic carbocycles. The van der Waals surface area contributed by atoms with Gasteiger partial charge in [0.25, 0.3) is 0 Å². The topological polar surface area (TPSA) is 97.1 Å². The molecule has 0 radical (unpaired) electrons. The zero-order chi connectivity index (χ0) is 19.0. The first-order valence-electron chi connectivity index (χ1n) is 8.94. The fraction of sp³-hybridized carbons (Fsp3) is 0.389. The largest absolute Gasteiger partial charge is 0.353 e. The number of anilines is 3. The van der Waals surface area contributed by atoms with Gasteiger partial charge in [-0.2, -0.15) is 0 Å². The molecule has 2 aromatic heterocycles. The maximum absolute atomic E-state index is 11.9. The van der Waals surface area contributed by atoms with E-state index in [1.807, 2.05) is 30.0 Å². The third-order valence-electron chi connectivity index (χ3n) is 4.91. The summed E-state index contributed by atoms with van der Waals surface area (Å²) in [7, 11) is 0. The van der Waals surface area contributed by atoms with Crippen LogP contribution in [0.1, 0.15) is 31.7 Å². The summed E-state index contributed by atoms with van der Waals surface area (Å²) in [6.45, 7) is 4.84. The molecule has 3 aromatic rings. The zero-order valence-electron chi connectivity index (χ0n) is 15.2. The van der Waals surface area contributed by atoms with Crippen molar-refractivity contribution in [1.82, 2.24) is 15.0 Å². The number of benzene rings is 1. The molecule has 8 nitrogen and oxygen atoms in total. The van der Waals surface area contributed by atoms with Gasteiger partial charge >= 0.3 is 5.69 Å². The van der Waals surface area contributed by atoms with Crippen molar-refractivity contribution in [2.75, 3.05) is 16.8 Å². The molecule has 9 heteroatoms. The number of piperidine rings is 1. The molecule has 1 unspecified atom stereocenters. The lowest BCUT2D eigenvalue weighted by atomic mass is 10.0. The Labute approximate surface area is 160 Å². The standard InChI is InChI=1S/C18H20N6O2S/c1-11-6-5-8-13-14(11)21-18(27-13)22-16-15(24(25)26)17(20-10-19-16)23-9-4-3-7-12(23)2/h5-6,8,10,12H,3-4,7,9H2,1-2H3,(H,19,20,21,22). The van der Waals surface area contributed by atoms with Crippen molar-refractivity contribution in [3.63, 3.8) is 0 Å². The van der Waals surface area contributed by atoms with E-state index < -0.39 is 4.92 Å². The van der Waals surface area contributed by atoms with E-state index in [1.54, 1.807) is 0 Å². The minimum Gasteiger partial charge on any atom is -0.348 e. The molecule has 0 saturated carbocycles. The van der Waals surface area contributed by atoms with E-state index in [-0.39, 0.29) is 17.5 Å². The molecule has 1 N–H and O–H groups in total. The van der Waals surface area contributed by atoms with Gasteiger partial charge in [0.1, 0.15) is 6.33 Å². The molecule has 1 atom stereocenters. The monoisotopic (exact) mass is 384 g/mol. The maximum atomic E-state index is 11.9. The van der Waals surface area contributed by atoms with Crippen molar-refractivity contribution < 1.29 is 4.92 Å². The number of aryl methyl sites for hydroxylation is 1. The number of thiazole rings is 1. The summed E-state index contributed by atoms with van der Waals surface area (Å²) in [5, 5.41) is 15.5. The summed E-state index contributed by atoms with van der Waals surface area (Å²) >= 11 is 1.45. The van der Waals surface area contributed by atoms with Crippen molar-refractivity contribution in [2.45, 2.75) is 39.2 Å². The van der Waals surface area contributed by atoms with Gasteiger partial charge in [0, 0.05) is 12.6 Å². The first-order valence-corrected chi connectivity index (χ1v) is 9.75. The highest BCUT2D eigenvalue weighted by atomic mass is 32.1.